The van der Waals surface area contributed by atoms with Crippen molar-refractivity contribution in [1.29, 1.82) is 0 Å². The molecule has 3 heterocycles. The number of piperazine rings is 1. The number of hydrogen-bond donors (Lipinski definition) is 0. The van der Waals surface area contributed by atoms with Crippen molar-refractivity contribution >= 4 is 33.3 Å². The first-order valence-electron chi connectivity index (χ1n) is 9.50. The molecule has 2 fully saturated rings. The normalized spacial score (nSPS) is 22.3. The second-order valence-corrected chi connectivity index (χ2v) is 8.37. The van der Waals surface area contributed by atoms with E-state index in [1.54, 1.807) is 17.7 Å². The molecule has 27 heavy (non-hydrogen) atoms. The highest BCUT2D eigenvalue weighted by molar-refractivity contribution is 7.17. The van der Waals surface area contributed by atoms with Gasteiger partial charge >= 0.3 is 0 Å². The zero-order chi connectivity index (χ0) is 18.4. The van der Waals surface area contributed by atoms with E-state index in [0.717, 1.165) is 48.6 Å². The number of carbonyl (C=O) groups excluding carboxylic acids is 1. The number of anilines is 1. The van der Waals surface area contributed by atoms with E-state index in [1.165, 1.54) is 11.1 Å². The van der Waals surface area contributed by atoms with E-state index in [-0.39, 0.29) is 5.92 Å². The summed E-state index contributed by atoms with van der Waals surface area (Å²) in [6.07, 6.45) is 2.63. The predicted molar refractivity (Wildman–Crippen MR) is 108 cm³/mol. The third-order valence-electron chi connectivity index (χ3n) is 5.81. The van der Waals surface area contributed by atoms with Crippen molar-refractivity contribution in [2.24, 2.45) is 5.92 Å². The van der Waals surface area contributed by atoms with Gasteiger partial charge in [0.15, 0.2) is 0 Å². The van der Waals surface area contributed by atoms with E-state index in [4.69, 9.17) is 0 Å². The molecule has 2 aromatic heterocycles. The second-order valence-electron chi connectivity index (χ2n) is 7.45. The summed E-state index contributed by atoms with van der Waals surface area (Å²) in [5.74, 6) is 1.91. The lowest BCUT2D eigenvalue weighted by molar-refractivity contribution is -0.132. The lowest BCUT2D eigenvalue weighted by Gasteiger charge is -2.35. The maximum atomic E-state index is 13.0. The van der Waals surface area contributed by atoms with Crippen molar-refractivity contribution in [1.82, 2.24) is 14.9 Å². The summed E-state index contributed by atoms with van der Waals surface area (Å²) in [6.45, 7) is 5.34. The summed E-state index contributed by atoms with van der Waals surface area (Å²) in [7, 11) is 0. The van der Waals surface area contributed by atoms with Crippen molar-refractivity contribution in [2.75, 3.05) is 31.1 Å². The Hall–Kier alpha value is -2.47. The maximum absolute atomic E-state index is 13.0. The van der Waals surface area contributed by atoms with E-state index >= 15 is 0 Å². The van der Waals surface area contributed by atoms with Gasteiger partial charge in [-0.25, -0.2) is 9.97 Å². The number of amides is 1. The van der Waals surface area contributed by atoms with E-state index in [2.05, 4.69) is 51.4 Å². The molecule has 1 saturated carbocycles. The molecule has 2 atom stereocenters. The molecule has 1 saturated heterocycles. The van der Waals surface area contributed by atoms with Crippen LogP contribution in [0.15, 0.2) is 42.0 Å². The van der Waals surface area contributed by atoms with Gasteiger partial charge in [0.2, 0.25) is 5.91 Å². The average molecular weight is 379 g/mol. The molecule has 5 rings (SSSR count). The quantitative estimate of drug-likeness (QED) is 0.700. The van der Waals surface area contributed by atoms with Crippen LogP contribution in [-0.4, -0.2) is 47.0 Å². The van der Waals surface area contributed by atoms with Gasteiger partial charge in [-0.2, -0.15) is 0 Å². The summed E-state index contributed by atoms with van der Waals surface area (Å²) in [5, 5.41) is 2.06. The molecule has 5 nitrogen and oxygen atoms in total. The fourth-order valence-corrected chi connectivity index (χ4v) is 5.05. The number of aromatic nitrogens is 2. The molecule has 0 N–H and O–H groups in total. The molecule has 138 valence electrons. The third kappa shape index (κ3) is 2.98. The highest BCUT2D eigenvalue weighted by atomic mass is 32.1. The van der Waals surface area contributed by atoms with Crippen LogP contribution in [0.3, 0.4) is 0 Å². The molecule has 1 aliphatic heterocycles. The van der Waals surface area contributed by atoms with Crippen molar-refractivity contribution < 1.29 is 4.79 Å². The first-order valence-corrected chi connectivity index (χ1v) is 10.4. The Bertz CT molecular complexity index is 993. The van der Waals surface area contributed by atoms with Gasteiger partial charge in [0.1, 0.15) is 12.1 Å². The number of nitrogens with zero attached hydrogens (tertiary/aromatic N) is 4. The second kappa shape index (κ2) is 6.60. The molecule has 6 heteroatoms. The molecule has 3 aromatic rings. The standard InChI is InChI=1S/C21H22N4OS/c1-14-4-2-3-5-15(14)16-12-17(16)21(26)25-9-7-24(8-10-25)20-19-18(6-11-27-19)22-13-23-20/h2-6,11,13,16-17H,7-10,12H2,1H3/t16-,17-/m1/s1. The van der Waals surface area contributed by atoms with Crippen molar-refractivity contribution in [3.05, 3.63) is 53.2 Å². The van der Waals surface area contributed by atoms with Crippen LogP contribution in [0.2, 0.25) is 0 Å². The topological polar surface area (TPSA) is 49.3 Å². The number of rotatable bonds is 3. The fraction of sp³-hybridized carbons (Fsp3) is 0.381. The van der Waals surface area contributed by atoms with Gasteiger partial charge in [-0.1, -0.05) is 24.3 Å². The fourth-order valence-electron chi connectivity index (χ4n) is 4.19. The lowest BCUT2D eigenvalue weighted by Crippen LogP contribution is -2.49. The Morgan fingerprint density at radius 3 is 2.74 bits per heavy atom. The number of hydrogen-bond acceptors (Lipinski definition) is 5. The minimum atomic E-state index is 0.167. The molecule has 1 aliphatic carbocycles. The first kappa shape index (κ1) is 16.7. The molecular formula is C21H22N4OS. The lowest BCUT2D eigenvalue weighted by atomic mass is 10.0. The molecule has 2 aliphatic rings. The van der Waals surface area contributed by atoms with E-state index in [1.807, 2.05) is 11.0 Å². The van der Waals surface area contributed by atoms with Gasteiger partial charge in [-0.05, 0) is 41.8 Å². The van der Waals surface area contributed by atoms with Crippen molar-refractivity contribution in [3.8, 4) is 0 Å². The monoisotopic (exact) mass is 378 g/mol. The van der Waals surface area contributed by atoms with Gasteiger partial charge in [0.25, 0.3) is 0 Å². The summed E-state index contributed by atoms with van der Waals surface area (Å²) in [5.41, 5.74) is 3.64. The Morgan fingerprint density at radius 2 is 1.93 bits per heavy atom. The van der Waals surface area contributed by atoms with E-state index in [9.17, 15) is 4.79 Å². The van der Waals surface area contributed by atoms with Crippen LogP contribution >= 0.6 is 11.3 Å². The first-order chi connectivity index (χ1) is 13.2. The number of benzene rings is 1. The van der Waals surface area contributed by atoms with Crippen LogP contribution in [0, 0.1) is 12.8 Å². The summed E-state index contributed by atoms with van der Waals surface area (Å²) < 4.78 is 1.14. The van der Waals surface area contributed by atoms with Crippen LogP contribution < -0.4 is 4.90 Å². The Labute approximate surface area is 162 Å². The minimum Gasteiger partial charge on any atom is -0.352 e. The number of carbonyl (C=O) groups is 1. The maximum Gasteiger partial charge on any atom is 0.226 e. The van der Waals surface area contributed by atoms with E-state index in [0.29, 0.717) is 11.8 Å². The average Bonchev–Trinajstić information content (AvgIpc) is 3.34. The smallest absolute Gasteiger partial charge is 0.226 e. The largest absolute Gasteiger partial charge is 0.352 e. The Balaban J connectivity index is 1.24. The Morgan fingerprint density at radius 1 is 1.11 bits per heavy atom. The van der Waals surface area contributed by atoms with Crippen LogP contribution in [0.4, 0.5) is 5.82 Å². The van der Waals surface area contributed by atoms with Gasteiger partial charge in [0.05, 0.1) is 10.2 Å². The number of thiophene rings is 1. The molecular weight excluding hydrogens is 356 g/mol. The SMILES string of the molecule is Cc1ccccc1[C@H]1C[C@H]1C(=O)N1CCN(c2ncnc3ccsc23)CC1. The van der Waals surface area contributed by atoms with Gasteiger partial charge < -0.3 is 9.80 Å². The highest BCUT2D eigenvalue weighted by Gasteiger charge is 2.46. The molecule has 0 unspecified atom stereocenters. The van der Waals surface area contributed by atoms with Crippen molar-refractivity contribution in [2.45, 2.75) is 19.3 Å². The van der Waals surface area contributed by atoms with Crippen LogP contribution in [0.25, 0.3) is 10.2 Å². The predicted octanol–water partition coefficient (Wildman–Crippen LogP) is 3.45. The summed E-state index contributed by atoms with van der Waals surface area (Å²) in [4.78, 5) is 26.1. The van der Waals surface area contributed by atoms with Crippen LogP contribution in [0.5, 0.6) is 0 Å². The Kier molecular flexibility index (Phi) is 4.08. The van der Waals surface area contributed by atoms with Crippen LogP contribution in [0.1, 0.15) is 23.5 Å². The third-order valence-corrected chi connectivity index (χ3v) is 6.71. The van der Waals surface area contributed by atoms with Gasteiger partial charge in [0, 0.05) is 32.1 Å². The zero-order valence-electron chi connectivity index (χ0n) is 15.3. The molecule has 0 radical (unpaired) electrons. The zero-order valence-corrected chi connectivity index (χ0v) is 16.2. The van der Waals surface area contributed by atoms with Gasteiger partial charge in [-0.3, -0.25) is 4.79 Å². The summed E-state index contributed by atoms with van der Waals surface area (Å²) in [6, 6.07) is 10.5. The molecule has 1 aromatic carbocycles. The van der Waals surface area contributed by atoms with Gasteiger partial charge in [-0.15, -0.1) is 11.3 Å². The number of fused-ring (bicyclic) bond motifs is 1. The van der Waals surface area contributed by atoms with Crippen molar-refractivity contribution in [3.63, 3.8) is 0 Å². The number of aryl methyl sites for hydroxylation is 1. The molecule has 0 spiro atoms. The highest BCUT2D eigenvalue weighted by Crippen LogP contribution is 2.49. The molecule has 0 bridgehead atoms. The molecule has 1 amide bonds. The van der Waals surface area contributed by atoms with Crippen LogP contribution in [-0.2, 0) is 4.79 Å². The minimum absolute atomic E-state index is 0.167. The van der Waals surface area contributed by atoms with E-state index < -0.39 is 0 Å². The summed E-state index contributed by atoms with van der Waals surface area (Å²) >= 11 is 1.68.